The number of phenolic OH excluding ortho intramolecular Hbond substituents is 1. The van der Waals surface area contributed by atoms with E-state index in [0.29, 0.717) is 12.2 Å². The summed E-state index contributed by atoms with van der Waals surface area (Å²) in [5, 5.41) is 12.7. The Bertz CT molecular complexity index is 630. The van der Waals surface area contributed by atoms with Gasteiger partial charge in [0.2, 0.25) is 0 Å². The zero-order valence-electron chi connectivity index (χ0n) is 11.5. The monoisotopic (exact) mass is 349 g/mol. The SMILES string of the molecule is CCOC(=O)C(Nc1ccccc1Br)c1cccc(O)c1. The van der Waals surface area contributed by atoms with Crippen molar-refractivity contribution in [3.05, 3.63) is 58.6 Å². The standard InChI is InChI=1S/C16H16BrNO3/c1-2-21-16(20)15(11-6-5-7-12(19)10-11)18-14-9-4-3-8-13(14)17/h3-10,15,18-19H,2H2,1H3. The fourth-order valence-corrected chi connectivity index (χ4v) is 2.34. The van der Waals surface area contributed by atoms with Crippen LogP contribution in [0.1, 0.15) is 18.5 Å². The largest absolute Gasteiger partial charge is 0.508 e. The molecular weight excluding hydrogens is 334 g/mol. The van der Waals surface area contributed by atoms with E-state index < -0.39 is 6.04 Å². The first kappa shape index (κ1) is 15.4. The number of esters is 1. The average molecular weight is 350 g/mol. The lowest BCUT2D eigenvalue weighted by molar-refractivity contribution is -0.144. The van der Waals surface area contributed by atoms with Gasteiger partial charge >= 0.3 is 5.97 Å². The molecule has 0 heterocycles. The molecule has 2 aromatic rings. The molecule has 0 aromatic heterocycles. The number of hydrogen-bond acceptors (Lipinski definition) is 4. The van der Waals surface area contributed by atoms with E-state index in [9.17, 15) is 9.90 Å². The van der Waals surface area contributed by atoms with Gasteiger partial charge in [0, 0.05) is 10.2 Å². The molecule has 0 saturated carbocycles. The summed E-state index contributed by atoms with van der Waals surface area (Å²) in [6, 6.07) is 13.4. The molecule has 110 valence electrons. The molecule has 1 unspecified atom stereocenters. The second-order valence-corrected chi connectivity index (χ2v) is 5.26. The van der Waals surface area contributed by atoms with Crippen molar-refractivity contribution < 1.29 is 14.6 Å². The van der Waals surface area contributed by atoms with Gasteiger partial charge < -0.3 is 15.2 Å². The predicted molar refractivity (Wildman–Crippen MR) is 85.2 cm³/mol. The van der Waals surface area contributed by atoms with Crippen molar-refractivity contribution in [2.75, 3.05) is 11.9 Å². The lowest BCUT2D eigenvalue weighted by atomic mass is 10.1. The van der Waals surface area contributed by atoms with Gasteiger partial charge in [-0.2, -0.15) is 0 Å². The van der Waals surface area contributed by atoms with Crippen LogP contribution in [0.15, 0.2) is 53.0 Å². The maximum atomic E-state index is 12.2. The van der Waals surface area contributed by atoms with Crippen LogP contribution in [0, 0.1) is 0 Å². The van der Waals surface area contributed by atoms with Crippen molar-refractivity contribution in [2.24, 2.45) is 0 Å². The lowest BCUT2D eigenvalue weighted by Gasteiger charge is -2.19. The predicted octanol–water partition coefficient (Wildman–Crippen LogP) is 3.87. The third kappa shape index (κ3) is 3.98. The maximum absolute atomic E-state index is 12.2. The lowest BCUT2D eigenvalue weighted by Crippen LogP contribution is -2.23. The van der Waals surface area contributed by atoms with Gasteiger partial charge in [0.1, 0.15) is 5.75 Å². The van der Waals surface area contributed by atoms with Gasteiger partial charge in [0.25, 0.3) is 0 Å². The van der Waals surface area contributed by atoms with E-state index >= 15 is 0 Å². The molecule has 2 aromatic carbocycles. The summed E-state index contributed by atoms with van der Waals surface area (Å²) in [6.07, 6.45) is 0. The topological polar surface area (TPSA) is 58.6 Å². The van der Waals surface area contributed by atoms with Crippen LogP contribution in [0.5, 0.6) is 5.75 Å². The second-order valence-electron chi connectivity index (χ2n) is 4.40. The minimum Gasteiger partial charge on any atom is -0.508 e. The molecule has 4 nitrogen and oxygen atoms in total. The normalized spacial score (nSPS) is 11.7. The molecule has 5 heteroatoms. The highest BCUT2D eigenvalue weighted by Crippen LogP contribution is 2.28. The highest BCUT2D eigenvalue weighted by Gasteiger charge is 2.22. The highest BCUT2D eigenvalue weighted by molar-refractivity contribution is 9.10. The number of rotatable bonds is 5. The summed E-state index contributed by atoms with van der Waals surface area (Å²) < 4.78 is 5.96. The smallest absolute Gasteiger partial charge is 0.333 e. The van der Waals surface area contributed by atoms with Crippen molar-refractivity contribution in [3.8, 4) is 5.75 Å². The molecule has 0 saturated heterocycles. The van der Waals surface area contributed by atoms with Gasteiger partial charge in [-0.05, 0) is 52.7 Å². The fourth-order valence-electron chi connectivity index (χ4n) is 1.94. The number of halogens is 1. The van der Waals surface area contributed by atoms with E-state index in [4.69, 9.17) is 4.74 Å². The molecule has 2 rings (SSSR count). The Kier molecular flexibility index (Phi) is 5.22. The fraction of sp³-hybridized carbons (Fsp3) is 0.188. The van der Waals surface area contributed by atoms with E-state index in [0.717, 1.165) is 10.2 Å². The van der Waals surface area contributed by atoms with Crippen LogP contribution in [0.4, 0.5) is 5.69 Å². The number of anilines is 1. The summed E-state index contributed by atoms with van der Waals surface area (Å²) in [5.74, 6) is -0.283. The molecule has 0 aliphatic heterocycles. The number of ether oxygens (including phenoxy) is 1. The molecule has 0 radical (unpaired) electrons. The Morgan fingerprint density at radius 1 is 1.29 bits per heavy atom. The number of para-hydroxylation sites is 1. The Morgan fingerprint density at radius 2 is 2.05 bits per heavy atom. The second kappa shape index (κ2) is 7.13. The van der Waals surface area contributed by atoms with Crippen molar-refractivity contribution in [3.63, 3.8) is 0 Å². The van der Waals surface area contributed by atoms with Gasteiger partial charge in [-0.25, -0.2) is 4.79 Å². The van der Waals surface area contributed by atoms with E-state index in [2.05, 4.69) is 21.2 Å². The quantitative estimate of drug-likeness (QED) is 0.804. The minimum absolute atomic E-state index is 0.107. The van der Waals surface area contributed by atoms with Crippen molar-refractivity contribution >= 4 is 27.6 Å². The number of nitrogens with one attached hydrogen (secondary N) is 1. The Labute approximate surface area is 131 Å². The Hall–Kier alpha value is -2.01. The summed E-state index contributed by atoms with van der Waals surface area (Å²) in [6.45, 7) is 2.06. The molecular formula is C16H16BrNO3. The molecule has 0 bridgehead atoms. The first-order valence-electron chi connectivity index (χ1n) is 6.58. The number of benzene rings is 2. The summed E-state index contributed by atoms with van der Waals surface area (Å²) >= 11 is 3.44. The first-order valence-corrected chi connectivity index (χ1v) is 7.37. The van der Waals surface area contributed by atoms with Crippen molar-refractivity contribution in [2.45, 2.75) is 13.0 Å². The zero-order valence-corrected chi connectivity index (χ0v) is 13.1. The summed E-state index contributed by atoms with van der Waals surface area (Å²) in [4.78, 5) is 12.2. The zero-order chi connectivity index (χ0) is 15.2. The molecule has 0 spiro atoms. The van der Waals surface area contributed by atoms with Crippen LogP contribution in [0.2, 0.25) is 0 Å². The van der Waals surface area contributed by atoms with Crippen molar-refractivity contribution in [1.82, 2.24) is 0 Å². The van der Waals surface area contributed by atoms with E-state index in [-0.39, 0.29) is 11.7 Å². The van der Waals surface area contributed by atoms with Gasteiger partial charge in [-0.15, -0.1) is 0 Å². The van der Waals surface area contributed by atoms with E-state index in [1.165, 1.54) is 0 Å². The van der Waals surface area contributed by atoms with Crippen LogP contribution >= 0.6 is 15.9 Å². The molecule has 0 amide bonds. The molecule has 21 heavy (non-hydrogen) atoms. The third-order valence-corrected chi connectivity index (χ3v) is 3.59. The third-order valence-electron chi connectivity index (χ3n) is 2.90. The van der Waals surface area contributed by atoms with Crippen LogP contribution < -0.4 is 5.32 Å². The van der Waals surface area contributed by atoms with Crippen LogP contribution in [0.3, 0.4) is 0 Å². The maximum Gasteiger partial charge on any atom is 0.333 e. The first-order chi connectivity index (χ1) is 10.1. The van der Waals surface area contributed by atoms with Gasteiger partial charge in [0.15, 0.2) is 6.04 Å². The van der Waals surface area contributed by atoms with Crippen molar-refractivity contribution in [1.29, 1.82) is 0 Å². The van der Waals surface area contributed by atoms with Crippen LogP contribution in [-0.4, -0.2) is 17.7 Å². The molecule has 2 N–H and O–H groups in total. The van der Waals surface area contributed by atoms with E-state index in [1.807, 2.05) is 24.3 Å². The number of carbonyl (C=O) groups excluding carboxylic acids is 1. The van der Waals surface area contributed by atoms with Gasteiger partial charge in [-0.1, -0.05) is 24.3 Å². The van der Waals surface area contributed by atoms with Gasteiger partial charge in [0.05, 0.1) is 6.61 Å². The molecule has 0 aliphatic carbocycles. The average Bonchev–Trinajstić information content (AvgIpc) is 2.46. The van der Waals surface area contributed by atoms with Gasteiger partial charge in [-0.3, -0.25) is 0 Å². The Balaban J connectivity index is 2.33. The van der Waals surface area contributed by atoms with E-state index in [1.54, 1.807) is 31.2 Å². The number of aromatic hydroxyl groups is 1. The van der Waals surface area contributed by atoms with Crippen LogP contribution in [0.25, 0.3) is 0 Å². The highest BCUT2D eigenvalue weighted by atomic mass is 79.9. The van der Waals surface area contributed by atoms with Crippen LogP contribution in [-0.2, 0) is 9.53 Å². The molecule has 0 aliphatic rings. The number of carbonyl (C=O) groups is 1. The number of hydrogen-bond donors (Lipinski definition) is 2. The Morgan fingerprint density at radius 3 is 2.71 bits per heavy atom. The summed E-state index contributed by atoms with van der Waals surface area (Å²) in [5.41, 5.74) is 1.42. The molecule has 1 atom stereocenters. The molecule has 0 fully saturated rings. The summed E-state index contributed by atoms with van der Waals surface area (Å²) in [7, 11) is 0. The minimum atomic E-state index is -0.684. The number of phenols is 1.